The summed E-state index contributed by atoms with van der Waals surface area (Å²) in [6.45, 7) is 9.51. The number of amides is 1. The Bertz CT molecular complexity index is 562. The summed E-state index contributed by atoms with van der Waals surface area (Å²) in [5, 5.41) is 9.70. The van der Waals surface area contributed by atoms with Crippen molar-refractivity contribution in [2.75, 3.05) is 19.7 Å². The SMILES string of the molecule is CC(COc1cccc(C(=O)NCCNC(C)(C)C)c1)N=[N+]=[N-]. The summed E-state index contributed by atoms with van der Waals surface area (Å²) in [6.07, 6.45) is 0. The first-order valence-electron chi connectivity index (χ1n) is 7.62. The molecule has 0 aliphatic heterocycles. The van der Waals surface area contributed by atoms with Crippen LogP contribution in [-0.4, -0.2) is 37.2 Å². The van der Waals surface area contributed by atoms with Crippen LogP contribution in [0.25, 0.3) is 10.4 Å². The van der Waals surface area contributed by atoms with Gasteiger partial charge >= 0.3 is 0 Å². The van der Waals surface area contributed by atoms with Gasteiger partial charge in [-0.25, -0.2) is 0 Å². The Morgan fingerprint density at radius 3 is 2.78 bits per heavy atom. The van der Waals surface area contributed by atoms with E-state index >= 15 is 0 Å². The van der Waals surface area contributed by atoms with Gasteiger partial charge in [0.05, 0.1) is 12.6 Å². The second-order valence-corrected chi connectivity index (χ2v) is 6.33. The number of hydrogen-bond donors (Lipinski definition) is 2. The van der Waals surface area contributed by atoms with Crippen LogP contribution in [0.15, 0.2) is 29.4 Å². The van der Waals surface area contributed by atoms with E-state index in [1.54, 1.807) is 31.2 Å². The fourth-order valence-electron chi connectivity index (χ4n) is 1.78. The minimum atomic E-state index is -0.263. The third kappa shape index (κ3) is 8.09. The Morgan fingerprint density at radius 1 is 1.39 bits per heavy atom. The normalized spacial score (nSPS) is 12.2. The monoisotopic (exact) mass is 319 g/mol. The van der Waals surface area contributed by atoms with Gasteiger partial charge in [-0.15, -0.1) is 0 Å². The first-order chi connectivity index (χ1) is 10.8. The highest BCUT2D eigenvalue weighted by Gasteiger charge is 2.10. The molecule has 0 radical (unpaired) electrons. The number of carbonyl (C=O) groups is 1. The molecule has 0 saturated heterocycles. The zero-order valence-electron chi connectivity index (χ0n) is 14.2. The molecule has 7 heteroatoms. The minimum absolute atomic E-state index is 0.0289. The van der Waals surface area contributed by atoms with Crippen LogP contribution in [0.4, 0.5) is 0 Å². The highest BCUT2D eigenvalue weighted by molar-refractivity contribution is 5.94. The fourth-order valence-corrected chi connectivity index (χ4v) is 1.78. The largest absolute Gasteiger partial charge is 0.493 e. The summed E-state index contributed by atoms with van der Waals surface area (Å²) < 4.78 is 5.52. The number of carbonyl (C=O) groups excluding carboxylic acids is 1. The Hall–Kier alpha value is -2.24. The number of hydrogen-bond acceptors (Lipinski definition) is 4. The van der Waals surface area contributed by atoms with E-state index < -0.39 is 0 Å². The smallest absolute Gasteiger partial charge is 0.251 e. The Morgan fingerprint density at radius 2 is 2.13 bits per heavy atom. The number of azide groups is 1. The average molecular weight is 319 g/mol. The van der Waals surface area contributed by atoms with Crippen molar-refractivity contribution in [2.45, 2.75) is 39.3 Å². The van der Waals surface area contributed by atoms with Crippen molar-refractivity contribution in [1.82, 2.24) is 10.6 Å². The van der Waals surface area contributed by atoms with Gasteiger partial charge in [0, 0.05) is 29.1 Å². The molecule has 1 amide bonds. The van der Waals surface area contributed by atoms with Gasteiger partial charge in [0.15, 0.2) is 0 Å². The van der Waals surface area contributed by atoms with Crippen molar-refractivity contribution < 1.29 is 9.53 Å². The second-order valence-electron chi connectivity index (χ2n) is 6.33. The molecule has 0 saturated carbocycles. The Kier molecular flexibility index (Phi) is 7.38. The second kappa shape index (κ2) is 9.02. The molecule has 2 N–H and O–H groups in total. The molecule has 0 heterocycles. The maximum atomic E-state index is 12.1. The lowest BCUT2D eigenvalue weighted by molar-refractivity contribution is 0.0952. The lowest BCUT2D eigenvalue weighted by Crippen LogP contribution is -2.41. The molecule has 1 aromatic carbocycles. The quantitative estimate of drug-likeness (QED) is 0.333. The van der Waals surface area contributed by atoms with E-state index in [0.717, 1.165) is 0 Å². The number of nitrogens with zero attached hydrogens (tertiary/aromatic N) is 3. The highest BCUT2D eigenvalue weighted by Crippen LogP contribution is 2.14. The van der Waals surface area contributed by atoms with Gasteiger partial charge in [-0.2, -0.15) is 0 Å². The molecule has 0 aliphatic rings. The zero-order chi connectivity index (χ0) is 17.3. The molecular formula is C16H25N5O2. The average Bonchev–Trinajstić information content (AvgIpc) is 2.49. The third-order valence-corrected chi connectivity index (χ3v) is 2.90. The van der Waals surface area contributed by atoms with E-state index in [4.69, 9.17) is 10.3 Å². The highest BCUT2D eigenvalue weighted by atomic mass is 16.5. The summed E-state index contributed by atoms with van der Waals surface area (Å²) in [7, 11) is 0. The lowest BCUT2D eigenvalue weighted by Gasteiger charge is -2.20. The summed E-state index contributed by atoms with van der Waals surface area (Å²) in [4.78, 5) is 14.8. The predicted octanol–water partition coefficient (Wildman–Crippen LogP) is 2.88. The number of benzene rings is 1. The summed E-state index contributed by atoms with van der Waals surface area (Å²) in [6, 6.07) is 6.67. The lowest BCUT2D eigenvalue weighted by atomic mass is 10.1. The van der Waals surface area contributed by atoms with E-state index in [-0.39, 0.29) is 24.1 Å². The van der Waals surface area contributed by atoms with E-state index in [0.29, 0.717) is 24.4 Å². The van der Waals surface area contributed by atoms with Gasteiger partial charge < -0.3 is 15.4 Å². The maximum Gasteiger partial charge on any atom is 0.251 e. The zero-order valence-corrected chi connectivity index (χ0v) is 14.2. The first kappa shape index (κ1) is 18.8. The third-order valence-electron chi connectivity index (χ3n) is 2.90. The van der Waals surface area contributed by atoms with Crippen LogP contribution in [-0.2, 0) is 0 Å². The van der Waals surface area contributed by atoms with Gasteiger partial charge in [-0.1, -0.05) is 18.1 Å². The summed E-state index contributed by atoms with van der Waals surface area (Å²) >= 11 is 0. The van der Waals surface area contributed by atoms with Gasteiger partial charge in [-0.3, -0.25) is 4.79 Å². The van der Waals surface area contributed by atoms with Gasteiger partial charge in [0.25, 0.3) is 5.91 Å². The number of rotatable bonds is 8. The van der Waals surface area contributed by atoms with Gasteiger partial charge in [0.2, 0.25) is 0 Å². The molecular weight excluding hydrogens is 294 g/mol. The van der Waals surface area contributed by atoms with Gasteiger partial charge in [-0.05, 0) is 44.5 Å². The Labute approximate surface area is 137 Å². The Balaban J connectivity index is 2.48. The van der Waals surface area contributed by atoms with E-state index in [2.05, 4.69) is 41.4 Å². The van der Waals surface area contributed by atoms with Crippen molar-refractivity contribution in [1.29, 1.82) is 0 Å². The van der Waals surface area contributed by atoms with Crippen LogP contribution < -0.4 is 15.4 Å². The molecule has 7 nitrogen and oxygen atoms in total. The molecule has 23 heavy (non-hydrogen) atoms. The molecule has 126 valence electrons. The summed E-state index contributed by atoms with van der Waals surface area (Å²) in [5.74, 6) is 0.430. The molecule has 1 unspecified atom stereocenters. The minimum Gasteiger partial charge on any atom is -0.493 e. The molecule has 0 spiro atoms. The molecule has 0 fully saturated rings. The van der Waals surface area contributed by atoms with Crippen molar-refractivity contribution in [3.8, 4) is 5.75 Å². The van der Waals surface area contributed by atoms with Crippen molar-refractivity contribution in [3.05, 3.63) is 40.3 Å². The molecule has 0 aromatic heterocycles. The summed E-state index contributed by atoms with van der Waals surface area (Å²) in [5.41, 5.74) is 8.91. The maximum absolute atomic E-state index is 12.1. The molecule has 0 aliphatic carbocycles. The standard InChI is InChI=1S/C16H25N5O2/c1-12(20-21-17)11-23-14-7-5-6-13(10-14)15(22)18-8-9-19-16(2,3)4/h5-7,10,12,19H,8-9,11H2,1-4H3,(H,18,22). The van der Waals surface area contributed by atoms with Crippen LogP contribution >= 0.6 is 0 Å². The van der Waals surface area contributed by atoms with Gasteiger partial charge in [0.1, 0.15) is 5.75 Å². The van der Waals surface area contributed by atoms with Crippen LogP contribution in [0, 0.1) is 0 Å². The molecule has 0 bridgehead atoms. The first-order valence-corrected chi connectivity index (χ1v) is 7.62. The van der Waals surface area contributed by atoms with Crippen LogP contribution in [0.2, 0.25) is 0 Å². The predicted molar refractivity (Wildman–Crippen MR) is 90.6 cm³/mol. The number of nitrogens with one attached hydrogen (secondary N) is 2. The molecule has 1 aromatic rings. The topological polar surface area (TPSA) is 99.1 Å². The van der Waals surface area contributed by atoms with E-state index in [1.165, 1.54) is 0 Å². The van der Waals surface area contributed by atoms with Crippen molar-refractivity contribution in [3.63, 3.8) is 0 Å². The number of ether oxygens (including phenoxy) is 1. The molecule has 1 rings (SSSR count). The van der Waals surface area contributed by atoms with Crippen LogP contribution in [0.3, 0.4) is 0 Å². The fraction of sp³-hybridized carbons (Fsp3) is 0.562. The van der Waals surface area contributed by atoms with E-state index in [9.17, 15) is 4.79 Å². The van der Waals surface area contributed by atoms with Crippen molar-refractivity contribution >= 4 is 5.91 Å². The van der Waals surface area contributed by atoms with Crippen molar-refractivity contribution in [2.24, 2.45) is 5.11 Å². The van der Waals surface area contributed by atoms with Crippen LogP contribution in [0.5, 0.6) is 5.75 Å². The molecule has 1 atom stereocenters. The van der Waals surface area contributed by atoms with E-state index in [1.807, 2.05) is 0 Å². The van der Waals surface area contributed by atoms with Crippen LogP contribution in [0.1, 0.15) is 38.1 Å².